The van der Waals surface area contributed by atoms with Crippen LogP contribution in [0.1, 0.15) is 15.9 Å². The van der Waals surface area contributed by atoms with Gasteiger partial charge in [0.15, 0.2) is 0 Å². The largest absolute Gasteiger partial charge is 0.399 e. The average Bonchev–Trinajstić information content (AvgIpc) is 2.59. The SMILES string of the molecule is Cc1ccc(N)cc1-c1ccc(C(=O)Nc2ccc(F)cc2)cc1. The van der Waals surface area contributed by atoms with Crippen LogP contribution in [0.15, 0.2) is 66.7 Å². The quantitative estimate of drug-likeness (QED) is 0.691. The van der Waals surface area contributed by atoms with Crippen molar-refractivity contribution in [3.8, 4) is 11.1 Å². The molecule has 24 heavy (non-hydrogen) atoms. The number of nitrogens with two attached hydrogens (primary N) is 1. The van der Waals surface area contributed by atoms with Crippen molar-refractivity contribution in [1.82, 2.24) is 0 Å². The van der Waals surface area contributed by atoms with Gasteiger partial charge in [-0.15, -0.1) is 0 Å². The summed E-state index contributed by atoms with van der Waals surface area (Å²) in [7, 11) is 0. The third kappa shape index (κ3) is 3.43. The van der Waals surface area contributed by atoms with Crippen molar-refractivity contribution >= 4 is 17.3 Å². The zero-order valence-electron chi connectivity index (χ0n) is 13.2. The van der Waals surface area contributed by atoms with Crippen molar-refractivity contribution in [3.05, 3.63) is 83.7 Å². The van der Waals surface area contributed by atoms with Gasteiger partial charge in [-0.3, -0.25) is 4.79 Å². The Morgan fingerprint density at radius 3 is 2.29 bits per heavy atom. The molecule has 0 aromatic heterocycles. The molecule has 3 aromatic carbocycles. The normalized spacial score (nSPS) is 10.4. The van der Waals surface area contributed by atoms with E-state index in [0.29, 0.717) is 16.9 Å². The first-order valence-electron chi connectivity index (χ1n) is 7.56. The fourth-order valence-electron chi connectivity index (χ4n) is 2.49. The van der Waals surface area contributed by atoms with Crippen molar-refractivity contribution in [2.24, 2.45) is 0 Å². The van der Waals surface area contributed by atoms with E-state index < -0.39 is 0 Å². The number of carbonyl (C=O) groups excluding carboxylic acids is 1. The summed E-state index contributed by atoms with van der Waals surface area (Å²) in [5, 5.41) is 2.74. The molecule has 3 aromatic rings. The molecule has 0 heterocycles. The lowest BCUT2D eigenvalue weighted by molar-refractivity contribution is 0.102. The zero-order chi connectivity index (χ0) is 17.1. The standard InChI is InChI=1S/C20H17FN2O/c1-13-2-9-17(22)12-19(13)14-3-5-15(6-4-14)20(24)23-18-10-7-16(21)8-11-18/h2-12H,22H2,1H3,(H,23,24). The average molecular weight is 320 g/mol. The smallest absolute Gasteiger partial charge is 0.255 e. The fraction of sp³-hybridized carbons (Fsp3) is 0.0500. The second-order valence-corrected chi connectivity index (χ2v) is 5.61. The van der Waals surface area contributed by atoms with Gasteiger partial charge in [0.05, 0.1) is 0 Å². The summed E-state index contributed by atoms with van der Waals surface area (Å²) in [5.41, 5.74) is 10.8. The Morgan fingerprint density at radius 2 is 1.62 bits per heavy atom. The number of hydrogen-bond donors (Lipinski definition) is 2. The van der Waals surface area contributed by atoms with Gasteiger partial charge in [0.25, 0.3) is 5.91 Å². The molecule has 0 saturated heterocycles. The van der Waals surface area contributed by atoms with Gasteiger partial charge >= 0.3 is 0 Å². The van der Waals surface area contributed by atoms with Gasteiger partial charge in [-0.25, -0.2) is 4.39 Å². The van der Waals surface area contributed by atoms with Crippen molar-refractivity contribution in [1.29, 1.82) is 0 Å². The maximum Gasteiger partial charge on any atom is 0.255 e. The molecular weight excluding hydrogens is 303 g/mol. The maximum absolute atomic E-state index is 12.9. The molecule has 0 saturated carbocycles. The Labute approximate surface area is 139 Å². The fourth-order valence-corrected chi connectivity index (χ4v) is 2.49. The van der Waals surface area contributed by atoms with Crippen molar-refractivity contribution in [2.75, 3.05) is 11.1 Å². The number of nitrogens with one attached hydrogen (secondary N) is 1. The maximum atomic E-state index is 12.9. The third-order valence-electron chi connectivity index (χ3n) is 3.82. The van der Waals surface area contributed by atoms with Gasteiger partial charge in [-0.1, -0.05) is 18.2 Å². The lowest BCUT2D eigenvalue weighted by atomic mass is 9.99. The molecule has 3 nitrogen and oxygen atoms in total. The van der Waals surface area contributed by atoms with Crippen molar-refractivity contribution in [3.63, 3.8) is 0 Å². The highest BCUT2D eigenvalue weighted by molar-refractivity contribution is 6.04. The van der Waals surface area contributed by atoms with E-state index in [1.165, 1.54) is 24.3 Å². The molecule has 0 atom stereocenters. The lowest BCUT2D eigenvalue weighted by Crippen LogP contribution is -2.11. The predicted molar refractivity (Wildman–Crippen MR) is 95.4 cm³/mol. The van der Waals surface area contributed by atoms with Crippen LogP contribution >= 0.6 is 0 Å². The van der Waals surface area contributed by atoms with E-state index >= 15 is 0 Å². The molecule has 0 radical (unpaired) electrons. The Balaban J connectivity index is 1.80. The van der Waals surface area contributed by atoms with Crippen LogP contribution in [0.4, 0.5) is 15.8 Å². The van der Waals surface area contributed by atoms with E-state index in [4.69, 9.17) is 5.73 Å². The summed E-state index contributed by atoms with van der Waals surface area (Å²) in [6.45, 7) is 2.02. The first-order valence-corrected chi connectivity index (χ1v) is 7.56. The van der Waals surface area contributed by atoms with Crippen LogP contribution in [0.5, 0.6) is 0 Å². The van der Waals surface area contributed by atoms with Gasteiger partial charge in [0.1, 0.15) is 5.82 Å². The van der Waals surface area contributed by atoms with E-state index in [-0.39, 0.29) is 11.7 Å². The minimum atomic E-state index is -0.338. The van der Waals surface area contributed by atoms with E-state index in [9.17, 15) is 9.18 Å². The Kier molecular flexibility index (Phi) is 4.29. The molecule has 3 N–H and O–H groups in total. The van der Waals surface area contributed by atoms with E-state index in [1.54, 1.807) is 12.1 Å². The molecule has 0 spiro atoms. The van der Waals surface area contributed by atoms with Crippen LogP contribution in [0.3, 0.4) is 0 Å². The number of benzene rings is 3. The van der Waals surface area contributed by atoms with Gasteiger partial charge in [-0.05, 0) is 72.1 Å². The third-order valence-corrected chi connectivity index (χ3v) is 3.82. The highest BCUT2D eigenvalue weighted by Gasteiger charge is 2.08. The number of carbonyl (C=O) groups is 1. The predicted octanol–water partition coefficient (Wildman–Crippen LogP) is 4.64. The lowest BCUT2D eigenvalue weighted by Gasteiger charge is -2.09. The van der Waals surface area contributed by atoms with Gasteiger partial charge in [0, 0.05) is 16.9 Å². The van der Waals surface area contributed by atoms with E-state index in [0.717, 1.165) is 16.7 Å². The number of rotatable bonds is 3. The Bertz CT molecular complexity index is 871. The molecule has 3 rings (SSSR count). The number of amides is 1. The highest BCUT2D eigenvalue weighted by Crippen LogP contribution is 2.26. The summed E-state index contributed by atoms with van der Waals surface area (Å²) in [4.78, 5) is 12.2. The molecule has 0 aliphatic rings. The number of nitrogen functional groups attached to an aromatic ring is 1. The number of anilines is 2. The van der Waals surface area contributed by atoms with Crippen LogP contribution in [0.2, 0.25) is 0 Å². The Morgan fingerprint density at radius 1 is 0.958 bits per heavy atom. The molecule has 0 aliphatic heterocycles. The van der Waals surface area contributed by atoms with Crippen LogP contribution in [0, 0.1) is 12.7 Å². The molecule has 0 aliphatic carbocycles. The van der Waals surface area contributed by atoms with Crippen LogP contribution < -0.4 is 11.1 Å². The molecule has 1 amide bonds. The minimum Gasteiger partial charge on any atom is -0.399 e. The first-order chi connectivity index (χ1) is 11.5. The first kappa shape index (κ1) is 15.7. The van der Waals surface area contributed by atoms with Crippen LogP contribution in [-0.2, 0) is 0 Å². The second-order valence-electron chi connectivity index (χ2n) is 5.61. The van der Waals surface area contributed by atoms with Gasteiger partial charge in [-0.2, -0.15) is 0 Å². The van der Waals surface area contributed by atoms with Gasteiger partial charge in [0.2, 0.25) is 0 Å². The molecular formula is C20H17FN2O. The van der Waals surface area contributed by atoms with E-state index in [1.807, 2.05) is 37.3 Å². The Hall–Kier alpha value is -3.14. The molecule has 4 heteroatoms. The van der Waals surface area contributed by atoms with Crippen LogP contribution in [0.25, 0.3) is 11.1 Å². The van der Waals surface area contributed by atoms with Crippen LogP contribution in [-0.4, -0.2) is 5.91 Å². The summed E-state index contributed by atoms with van der Waals surface area (Å²) in [6, 6.07) is 18.7. The molecule has 0 fully saturated rings. The second kappa shape index (κ2) is 6.54. The summed E-state index contributed by atoms with van der Waals surface area (Å²) >= 11 is 0. The van der Waals surface area contributed by atoms with Gasteiger partial charge < -0.3 is 11.1 Å². The summed E-state index contributed by atoms with van der Waals surface area (Å²) < 4.78 is 12.9. The van der Waals surface area contributed by atoms with Crippen molar-refractivity contribution < 1.29 is 9.18 Å². The number of aryl methyl sites for hydroxylation is 1. The number of halogens is 1. The van der Waals surface area contributed by atoms with Crippen molar-refractivity contribution in [2.45, 2.75) is 6.92 Å². The summed E-state index contributed by atoms with van der Waals surface area (Å²) in [6.07, 6.45) is 0. The van der Waals surface area contributed by atoms with E-state index in [2.05, 4.69) is 5.32 Å². The minimum absolute atomic E-state index is 0.238. The topological polar surface area (TPSA) is 55.1 Å². The highest BCUT2D eigenvalue weighted by atomic mass is 19.1. The summed E-state index contributed by atoms with van der Waals surface area (Å²) in [5.74, 6) is -0.577. The zero-order valence-corrected chi connectivity index (χ0v) is 13.2. The molecule has 120 valence electrons. The number of hydrogen-bond acceptors (Lipinski definition) is 2. The molecule has 0 bridgehead atoms. The monoisotopic (exact) mass is 320 g/mol. The molecule has 0 unspecified atom stereocenters.